The van der Waals surface area contributed by atoms with Crippen LogP contribution in [0.15, 0.2) is 29.6 Å². The van der Waals surface area contributed by atoms with E-state index in [0.29, 0.717) is 42.7 Å². The third-order valence-electron chi connectivity index (χ3n) is 3.90. The Morgan fingerprint density at radius 2 is 1.96 bits per heavy atom. The fourth-order valence-electron chi connectivity index (χ4n) is 2.67. The van der Waals surface area contributed by atoms with Gasteiger partial charge in [0.15, 0.2) is 22.4 Å². The van der Waals surface area contributed by atoms with Gasteiger partial charge in [-0.2, -0.15) is 0 Å². The highest BCUT2D eigenvalue weighted by Gasteiger charge is 2.16. The lowest BCUT2D eigenvalue weighted by atomic mass is 10.1. The summed E-state index contributed by atoms with van der Waals surface area (Å²) < 4.78 is 12.0. The Bertz CT molecular complexity index is 907. The predicted molar refractivity (Wildman–Crippen MR) is 102 cm³/mol. The minimum atomic E-state index is -0.139. The molecule has 0 aliphatic carbocycles. The molecule has 6 nitrogen and oxygen atoms in total. The van der Waals surface area contributed by atoms with Crippen LogP contribution in [0.4, 0.5) is 5.13 Å². The monoisotopic (exact) mass is 388 g/mol. The van der Waals surface area contributed by atoms with Crippen molar-refractivity contribution in [1.82, 2.24) is 4.98 Å². The molecule has 0 spiro atoms. The van der Waals surface area contributed by atoms with Crippen molar-refractivity contribution in [2.24, 2.45) is 0 Å². The Hall–Kier alpha value is -2.45. The number of ether oxygens (including phenoxy) is 2. The Morgan fingerprint density at radius 3 is 2.73 bits per heavy atom. The first-order valence-electron chi connectivity index (χ1n) is 8.26. The van der Waals surface area contributed by atoms with E-state index in [0.717, 1.165) is 15.1 Å². The van der Waals surface area contributed by atoms with E-state index in [-0.39, 0.29) is 18.1 Å². The molecule has 134 valence electrons. The molecule has 1 N–H and O–H groups in total. The summed E-state index contributed by atoms with van der Waals surface area (Å²) in [5, 5.41) is 5.22. The Morgan fingerprint density at radius 1 is 1.15 bits per heavy atom. The number of ketones is 1. The first-order chi connectivity index (χ1) is 12.7. The van der Waals surface area contributed by atoms with Gasteiger partial charge in [0.1, 0.15) is 13.2 Å². The standard InChI is InChI=1S/C18H16N2O4S2/c21-12(15-4-2-8-25-15)3-1-5-17(22)20-18-19-11-9-13-14(10-16(11)26-18)24-7-6-23-13/h2,4,8-10H,1,3,5-7H2,(H,19,20,22). The topological polar surface area (TPSA) is 77.5 Å². The minimum absolute atomic E-state index is 0.0818. The van der Waals surface area contributed by atoms with E-state index in [1.165, 1.54) is 22.7 Å². The van der Waals surface area contributed by atoms with Gasteiger partial charge in [-0.05, 0) is 17.9 Å². The van der Waals surface area contributed by atoms with Crippen LogP contribution < -0.4 is 14.8 Å². The zero-order chi connectivity index (χ0) is 17.9. The van der Waals surface area contributed by atoms with Gasteiger partial charge >= 0.3 is 0 Å². The van der Waals surface area contributed by atoms with Crippen LogP contribution in [-0.4, -0.2) is 29.9 Å². The molecule has 1 aromatic carbocycles. The maximum atomic E-state index is 12.1. The molecule has 3 aromatic rings. The normalized spacial score (nSPS) is 12.9. The molecule has 1 aliphatic rings. The number of aromatic nitrogens is 1. The molecule has 2 aromatic heterocycles. The van der Waals surface area contributed by atoms with E-state index in [4.69, 9.17) is 9.47 Å². The summed E-state index contributed by atoms with van der Waals surface area (Å²) in [6.45, 7) is 1.06. The summed E-state index contributed by atoms with van der Waals surface area (Å²) >= 11 is 2.82. The van der Waals surface area contributed by atoms with Gasteiger partial charge in [0.05, 0.1) is 15.1 Å². The maximum Gasteiger partial charge on any atom is 0.226 e. The highest BCUT2D eigenvalue weighted by atomic mass is 32.1. The summed E-state index contributed by atoms with van der Waals surface area (Å²) in [7, 11) is 0. The third kappa shape index (κ3) is 3.71. The SMILES string of the molecule is O=C(CCCC(=O)c1cccs1)Nc1nc2cc3c(cc2s1)OCCO3. The first-order valence-corrected chi connectivity index (χ1v) is 9.95. The van der Waals surface area contributed by atoms with Gasteiger partial charge < -0.3 is 14.8 Å². The minimum Gasteiger partial charge on any atom is -0.486 e. The van der Waals surface area contributed by atoms with Crippen LogP contribution in [-0.2, 0) is 4.79 Å². The zero-order valence-corrected chi connectivity index (χ0v) is 15.5. The van der Waals surface area contributed by atoms with Gasteiger partial charge in [-0.1, -0.05) is 17.4 Å². The maximum absolute atomic E-state index is 12.1. The van der Waals surface area contributed by atoms with Crippen LogP contribution in [0.25, 0.3) is 10.2 Å². The molecular formula is C18H16N2O4S2. The van der Waals surface area contributed by atoms with Crippen molar-refractivity contribution >= 4 is 49.7 Å². The quantitative estimate of drug-likeness (QED) is 0.643. The molecule has 0 bridgehead atoms. The van der Waals surface area contributed by atoms with Gasteiger partial charge in [-0.15, -0.1) is 11.3 Å². The summed E-state index contributed by atoms with van der Waals surface area (Å²) in [5.41, 5.74) is 0.766. The molecule has 8 heteroatoms. The average Bonchev–Trinajstić information content (AvgIpc) is 3.28. The molecule has 26 heavy (non-hydrogen) atoms. The molecule has 1 amide bonds. The number of rotatable bonds is 6. The number of hydrogen-bond donors (Lipinski definition) is 1. The van der Waals surface area contributed by atoms with E-state index in [1.54, 1.807) is 6.07 Å². The van der Waals surface area contributed by atoms with Gasteiger partial charge in [-0.25, -0.2) is 4.98 Å². The number of carbonyl (C=O) groups excluding carboxylic acids is 2. The number of nitrogens with one attached hydrogen (secondary N) is 1. The number of benzene rings is 1. The largest absolute Gasteiger partial charge is 0.486 e. The Balaban J connectivity index is 1.34. The third-order valence-corrected chi connectivity index (χ3v) is 5.75. The number of thiophene rings is 1. The molecular weight excluding hydrogens is 372 g/mol. The van der Waals surface area contributed by atoms with E-state index in [2.05, 4.69) is 10.3 Å². The highest BCUT2D eigenvalue weighted by Crippen LogP contribution is 2.37. The number of anilines is 1. The molecule has 0 saturated heterocycles. The first kappa shape index (κ1) is 17.0. The van der Waals surface area contributed by atoms with Crippen molar-refractivity contribution in [2.45, 2.75) is 19.3 Å². The number of Topliss-reactive ketones (excluding diaryl/α,β-unsaturated/α-hetero) is 1. The predicted octanol–water partition coefficient (Wildman–Crippen LogP) is 4.12. The van der Waals surface area contributed by atoms with Gasteiger partial charge in [0, 0.05) is 25.0 Å². The fourth-order valence-corrected chi connectivity index (χ4v) is 4.26. The number of carbonyl (C=O) groups is 2. The van der Waals surface area contributed by atoms with Crippen molar-refractivity contribution < 1.29 is 19.1 Å². The molecule has 0 unspecified atom stereocenters. The van der Waals surface area contributed by atoms with Crippen molar-refractivity contribution in [3.8, 4) is 11.5 Å². The van der Waals surface area contributed by atoms with Crippen molar-refractivity contribution in [3.05, 3.63) is 34.5 Å². The second-order valence-electron chi connectivity index (χ2n) is 5.78. The van der Waals surface area contributed by atoms with E-state index < -0.39 is 0 Å². The van der Waals surface area contributed by atoms with Gasteiger partial charge in [0.25, 0.3) is 0 Å². The van der Waals surface area contributed by atoms with Gasteiger partial charge in [0.2, 0.25) is 5.91 Å². The second-order valence-corrected chi connectivity index (χ2v) is 7.76. The smallest absolute Gasteiger partial charge is 0.226 e. The van der Waals surface area contributed by atoms with Crippen molar-refractivity contribution in [3.63, 3.8) is 0 Å². The van der Waals surface area contributed by atoms with E-state index >= 15 is 0 Å². The summed E-state index contributed by atoms with van der Waals surface area (Å²) in [5.74, 6) is 1.33. The highest BCUT2D eigenvalue weighted by molar-refractivity contribution is 7.22. The molecule has 0 atom stereocenters. The second kappa shape index (κ2) is 7.43. The lowest BCUT2D eigenvalue weighted by molar-refractivity contribution is -0.116. The van der Waals surface area contributed by atoms with Crippen molar-refractivity contribution in [1.29, 1.82) is 0 Å². The lowest BCUT2D eigenvalue weighted by Gasteiger charge is -2.17. The fraction of sp³-hybridized carbons (Fsp3) is 0.278. The summed E-state index contributed by atoms with van der Waals surface area (Å²) in [4.78, 5) is 29.2. The summed E-state index contributed by atoms with van der Waals surface area (Å²) in [6.07, 6.45) is 1.17. The van der Waals surface area contributed by atoms with E-state index in [9.17, 15) is 9.59 Å². The lowest BCUT2D eigenvalue weighted by Crippen LogP contribution is -2.15. The molecule has 3 heterocycles. The van der Waals surface area contributed by atoms with Crippen molar-refractivity contribution in [2.75, 3.05) is 18.5 Å². The average molecular weight is 388 g/mol. The van der Waals surface area contributed by atoms with Crippen LogP contribution in [0.2, 0.25) is 0 Å². The number of thiazole rings is 1. The molecule has 0 saturated carbocycles. The zero-order valence-electron chi connectivity index (χ0n) is 13.8. The summed E-state index contributed by atoms with van der Waals surface area (Å²) in [6, 6.07) is 7.37. The van der Waals surface area contributed by atoms with E-state index in [1.807, 2.05) is 23.6 Å². The van der Waals surface area contributed by atoms with Crippen LogP contribution in [0.1, 0.15) is 28.9 Å². The number of amides is 1. The molecule has 0 fully saturated rings. The van der Waals surface area contributed by atoms with Crippen LogP contribution in [0.3, 0.4) is 0 Å². The van der Waals surface area contributed by atoms with Crippen LogP contribution in [0.5, 0.6) is 11.5 Å². The molecule has 1 aliphatic heterocycles. The molecule has 0 radical (unpaired) electrons. The number of fused-ring (bicyclic) bond motifs is 2. The Kier molecular flexibility index (Phi) is 4.85. The number of hydrogen-bond acceptors (Lipinski definition) is 7. The van der Waals surface area contributed by atoms with Crippen LogP contribution >= 0.6 is 22.7 Å². The van der Waals surface area contributed by atoms with Gasteiger partial charge in [-0.3, -0.25) is 9.59 Å². The molecule has 4 rings (SSSR count). The van der Waals surface area contributed by atoms with Crippen LogP contribution in [0, 0.1) is 0 Å². The Labute approximate surface area is 157 Å². The number of nitrogens with zero attached hydrogens (tertiary/aromatic N) is 1.